The van der Waals surface area contributed by atoms with Gasteiger partial charge < -0.3 is 15.4 Å². The molecule has 1 saturated heterocycles. The normalized spacial score (nSPS) is 19.5. The van der Waals surface area contributed by atoms with Gasteiger partial charge in [0.2, 0.25) is 0 Å². The number of benzene rings is 1. The lowest BCUT2D eigenvalue weighted by molar-refractivity contribution is 0.0380. The molecule has 19 heavy (non-hydrogen) atoms. The highest BCUT2D eigenvalue weighted by molar-refractivity contribution is 7.80. The minimum atomic E-state index is -0.639. The number of hydrogen-bond acceptors (Lipinski definition) is 3. The molecule has 2 N–H and O–H groups in total. The van der Waals surface area contributed by atoms with Gasteiger partial charge in [-0.1, -0.05) is 19.1 Å². The maximum atomic E-state index is 14.0. The molecule has 1 aromatic carbocycles. The summed E-state index contributed by atoms with van der Waals surface area (Å²) in [4.78, 5) is 1.66. The molecule has 0 saturated carbocycles. The molecule has 0 aromatic heterocycles. The minimum Gasteiger partial charge on any atom is -0.389 e. The summed E-state index contributed by atoms with van der Waals surface area (Å²) in [5.74, 6) is -1.28. The first-order chi connectivity index (χ1) is 9.02. The van der Waals surface area contributed by atoms with Gasteiger partial charge in [0.1, 0.15) is 22.3 Å². The van der Waals surface area contributed by atoms with E-state index in [2.05, 4.69) is 0 Å². The van der Waals surface area contributed by atoms with Gasteiger partial charge in [-0.05, 0) is 18.6 Å². The van der Waals surface area contributed by atoms with Gasteiger partial charge in [0, 0.05) is 18.7 Å². The number of thiocarbonyl (C=S) groups is 1. The second-order valence-electron chi connectivity index (χ2n) is 4.50. The molecule has 104 valence electrons. The molecule has 1 unspecified atom stereocenters. The Labute approximate surface area is 116 Å². The van der Waals surface area contributed by atoms with Crippen molar-refractivity contribution in [1.29, 1.82) is 0 Å². The number of nitrogens with two attached hydrogens (primary N) is 1. The summed E-state index contributed by atoms with van der Waals surface area (Å²) in [5.41, 5.74) is 5.56. The average molecular weight is 286 g/mol. The first-order valence-corrected chi connectivity index (χ1v) is 6.59. The average Bonchev–Trinajstić information content (AvgIpc) is 2.38. The first kappa shape index (κ1) is 14.1. The Morgan fingerprint density at radius 2 is 2.11 bits per heavy atom. The third kappa shape index (κ3) is 3.01. The van der Waals surface area contributed by atoms with Crippen molar-refractivity contribution in [2.24, 2.45) is 5.73 Å². The molecule has 1 fully saturated rings. The van der Waals surface area contributed by atoms with Gasteiger partial charge in [-0.3, -0.25) is 0 Å². The summed E-state index contributed by atoms with van der Waals surface area (Å²) in [6, 6.07) is 2.36. The van der Waals surface area contributed by atoms with Crippen LogP contribution in [0.15, 0.2) is 12.1 Å². The molecular weight excluding hydrogens is 270 g/mol. The minimum absolute atomic E-state index is 0.00260. The van der Waals surface area contributed by atoms with E-state index in [4.69, 9.17) is 22.7 Å². The van der Waals surface area contributed by atoms with Gasteiger partial charge in [0.05, 0.1) is 12.7 Å². The van der Waals surface area contributed by atoms with E-state index in [1.54, 1.807) is 4.90 Å². The fraction of sp³-hybridized carbons (Fsp3) is 0.462. The standard InChI is InChI=1S/C13H16F2N2OS/c1-2-9-7-17(3-4-18-9)12-10(14)5-8(13(16)19)6-11(12)15/h5-6,9H,2-4,7H2,1H3,(H2,16,19). The van der Waals surface area contributed by atoms with E-state index >= 15 is 0 Å². The van der Waals surface area contributed by atoms with Crippen LogP contribution in [0.1, 0.15) is 18.9 Å². The van der Waals surface area contributed by atoms with Crippen molar-refractivity contribution in [3.8, 4) is 0 Å². The molecule has 1 atom stereocenters. The number of hydrogen-bond donors (Lipinski definition) is 1. The Morgan fingerprint density at radius 1 is 1.47 bits per heavy atom. The molecule has 1 heterocycles. The SMILES string of the molecule is CCC1CN(c2c(F)cc(C(N)=S)cc2F)CCO1. The summed E-state index contributed by atoms with van der Waals surface area (Å²) in [6.07, 6.45) is 0.813. The lowest BCUT2D eigenvalue weighted by Crippen LogP contribution is -2.43. The summed E-state index contributed by atoms with van der Waals surface area (Å²) in [7, 11) is 0. The zero-order valence-electron chi connectivity index (χ0n) is 10.7. The van der Waals surface area contributed by atoms with Crippen molar-refractivity contribution >= 4 is 22.9 Å². The predicted octanol–water partition coefficient (Wildman–Crippen LogP) is 2.21. The maximum Gasteiger partial charge on any atom is 0.150 e. The van der Waals surface area contributed by atoms with Crippen LogP contribution in [-0.2, 0) is 4.74 Å². The van der Waals surface area contributed by atoms with Crippen LogP contribution in [0.25, 0.3) is 0 Å². The smallest absolute Gasteiger partial charge is 0.150 e. The van der Waals surface area contributed by atoms with Crippen LogP contribution >= 0.6 is 12.2 Å². The van der Waals surface area contributed by atoms with Crippen LogP contribution in [0, 0.1) is 11.6 Å². The highest BCUT2D eigenvalue weighted by Crippen LogP contribution is 2.27. The van der Waals surface area contributed by atoms with Crippen molar-refractivity contribution in [3.05, 3.63) is 29.3 Å². The van der Waals surface area contributed by atoms with Gasteiger partial charge >= 0.3 is 0 Å². The van der Waals surface area contributed by atoms with Crippen LogP contribution in [0.2, 0.25) is 0 Å². The first-order valence-electron chi connectivity index (χ1n) is 6.18. The van der Waals surface area contributed by atoms with Crippen LogP contribution in [0.3, 0.4) is 0 Å². The number of nitrogens with zero attached hydrogens (tertiary/aromatic N) is 1. The highest BCUT2D eigenvalue weighted by Gasteiger charge is 2.24. The van der Waals surface area contributed by atoms with Crippen molar-refractivity contribution in [2.75, 3.05) is 24.6 Å². The van der Waals surface area contributed by atoms with Gasteiger partial charge in [0.25, 0.3) is 0 Å². The van der Waals surface area contributed by atoms with Gasteiger partial charge in [-0.15, -0.1) is 0 Å². The van der Waals surface area contributed by atoms with Crippen molar-refractivity contribution in [3.63, 3.8) is 0 Å². The fourth-order valence-electron chi connectivity index (χ4n) is 2.18. The van der Waals surface area contributed by atoms with Crippen LogP contribution in [0.4, 0.5) is 14.5 Å². The molecule has 0 bridgehead atoms. The molecular formula is C13H16F2N2OS. The van der Waals surface area contributed by atoms with E-state index in [-0.39, 0.29) is 22.3 Å². The molecule has 0 spiro atoms. The third-order valence-corrected chi connectivity index (χ3v) is 3.45. The molecule has 0 amide bonds. The molecule has 3 nitrogen and oxygen atoms in total. The fourth-order valence-corrected chi connectivity index (χ4v) is 2.30. The summed E-state index contributed by atoms with van der Waals surface area (Å²) in [6.45, 7) is 3.40. The molecule has 0 radical (unpaired) electrons. The summed E-state index contributed by atoms with van der Waals surface area (Å²) >= 11 is 4.73. The van der Waals surface area contributed by atoms with Crippen LogP contribution < -0.4 is 10.6 Å². The van der Waals surface area contributed by atoms with Gasteiger partial charge in [0.15, 0.2) is 0 Å². The van der Waals surface area contributed by atoms with Crippen molar-refractivity contribution in [2.45, 2.75) is 19.4 Å². The lowest BCUT2D eigenvalue weighted by Gasteiger charge is -2.34. The van der Waals surface area contributed by atoms with Crippen LogP contribution in [0.5, 0.6) is 0 Å². The molecule has 0 aliphatic carbocycles. The number of ether oxygens (including phenoxy) is 1. The monoisotopic (exact) mass is 286 g/mol. The van der Waals surface area contributed by atoms with E-state index in [9.17, 15) is 8.78 Å². The Balaban J connectivity index is 2.31. The molecule has 1 aliphatic rings. The van der Waals surface area contributed by atoms with E-state index in [1.165, 1.54) is 12.1 Å². The number of morpholine rings is 1. The molecule has 1 aromatic rings. The highest BCUT2D eigenvalue weighted by atomic mass is 32.1. The quantitative estimate of drug-likeness (QED) is 0.865. The van der Waals surface area contributed by atoms with E-state index < -0.39 is 11.6 Å². The topological polar surface area (TPSA) is 38.5 Å². The second kappa shape index (κ2) is 5.79. The Kier molecular flexibility index (Phi) is 4.31. The van der Waals surface area contributed by atoms with Crippen molar-refractivity contribution < 1.29 is 13.5 Å². The van der Waals surface area contributed by atoms with Gasteiger partial charge in [-0.2, -0.15) is 0 Å². The second-order valence-corrected chi connectivity index (χ2v) is 4.94. The largest absolute Gasteiger partial charge is 0.389 e. The number of rotatable bonds is 3. The van der Waals surface area contributed by atoms with Crippen molar-refractivity contribution in [1.82, 2.24) is 0 Å². The lowest BCUT2D eigenvalue weighted by atomic mass is 10.1. The molecule has 2 rings (SSSR count). The zero-order chi connectivity index (χ0) is 14.0. The zero-order valence-corrected chi connectivity index (χ0v) is 11.5. The van der Waals surface area contributed by atoms with Crippen LogP contribution in [-0.4, -0.2) is 30.8 Å². The molecule has 6 heteroatoms. The molecule has 1 aliphatic heterocycles. The van der Waals surface area contributed by atoms with Gasteiger partial charge in [-0.25, -0.2) is 8.78 Å². The predicted molar refractivity (Wildman–Crippen MR) is 74.5 cm³/mol. The summed E-state index contributed by atoms with van der Waals surface area (Å²) in [5, 5.41) is 0. The number of halogens is 2. The summed E-state index contributed by atoms with van der Waals surface area (Å²) < 4.78 is 33.6. The maximum absolute atomic E-state index is 14.0. The van der Waals surface area contributed by atoms with E-state index in [0.29, 0.717) is 19.7 Å². The Bertz CT molecular complexity index is 473. The Hall–Kier alpha value is -1.27. The Morgan fingerprint density at radius 3 is 2.63 bits per heavy atom. The van der Waals surface area contributed by atoms with E-state index in [0.717, 1.165) is 6.42 Å². The number of anilines is 1. The van der Waals surface area contributed by atoms with E-state index in [1.807, 2.05) is 6.92 Å². The third-order valence-electron chi connectivity index (χ3n) is 3.21.